The lowest BCUT2D eigenvalue weighted by Gasteiger charge is -2.27. The minimum absolute atomic E-state index is 0.174. The van der Waals surface area contributed by atoms with Crippen LogP contribution in [-0.2, 0) is 0 Å². The van der Waals surface area contributed by atoms with Crippen molar-refractivity contribution in [3.63, 3.8) is 0 Å². The molecule has 0 bridgehead atoms. The third-order valence-electron chi connectivity index (χ3n) is 1.25. The van der Waals surface area contributed by atoms with Gasteiger partial charge in [-0.2, -0.15) is 0 Å². The summed E-state index contributed by atoms with van der Waals surface area (Å²) in [4.78, 5) is 0. The molecule has 2 N–H and O–H groups in total. The maximum Gasteiger partial charge on any atom is 0.131 e. The van der Waals surface area contributed by atoms with Crippen LogP contribution in [0.5, 0.6) is 0 Å². The summed E-state index contributed by atoms with van der Waals surface area (Å²) in [6.07, 6.45) is 0.341. The van der Waals surface area contributed by atoms with Crippen molar-refractivity contribution in [2.24, 2.45) is 0 Å². The molecule has 0 heterocycles. The SMILES string of the molecule is CC(O)CC(C)(C)NC(=S)S. The van der Waals surface area contributed by atoms with E-state index in [1.165, 1.54) is 0 Å². The fraction of sp³-hybridized carbons (Fsp3) is 0.857. The van der Waals surface area contributed by atoms with Crippen molar-refractivity contribution in [3.05, 3.63) is 0 Å². The summed E-state index contributed by atoms with van der Waals surface area (Å²) in [5, 5.41) is 12.1. The van der Waals surface area contributed by atoms with Crippen LogP contribution in [0.3, 0.4) is 0 Å². The van der Waals surface area contributed by atoms with Gasteiger partial charge in [0.2, 0.25) is 0 Å². The van der Waals surface area contributed by atoms with Gasteiger partial charge in [-0.25, -0.2) is 0 Å². The Kier molecular flexibility index (Phi) is 4.36. The first-order valence-electron chi connectivity index (χ1n) is 3.53. The predicted molar refractivity (Wildman–Crippen MR) is 55.1 cm³/mol. The second-order valence-electron chi connectivity index (χ2n) is 3.37. The van der Waals surface area contributed by atoms with Gasteiger partial charge in [-0.15, -0.1) is 12.6 Å². The molecule has 0 aromatic heterocycles. The Morgan fingerprint density at radius 2 is 2.18 bits per heavy atom. The van der Waals surface area contributed by atoms with Crippen molar-refractivity contribution >= 4 is 29.2 Å². The number of hydrogen-bond donors (Lipinski definition) is 3. The molecule has 0 aromatic rings. The minimum Gasteiger partial charge on any atom is -0.393 e. The molecule has 0 amide bonds. The monoisotopic (exact) mass is 193 g/mol. The number of thiocarbonyl (C=S) groups is 1. The Morgan fingerprint density at radius 3 is 2.45 bits per heavy atom. The van der Waals surface area contributed by atoms with Gasteiger partial charge in [0, 0.05) is 5.54 Å². The van der Waals surface area contributed by atoms with Crippen molar-refractivity contribution in [1.29, 1.82) is 0 Å². The average molecular weight is 193 g/mol. The summed E-state index contributed by atoms with van der Waals surface area (Å²) >= 11 is 8.72. The lowest BCUT2D eigenvalue weighted by atomic mass is 9.98. The molecule has 0 radical (unpaired) electrons. The maximum atomic E-state index is 9.09. The topological polar surface area (TPSA) is 32.3 Å². The lowest BCUT2D eigenvalue weighted by Crippen LogP contribution is -2.42. The third kappa shape index (κ3) is 6.59. The number of hydrogen-bond acceptors (Lipinski definition) is 2. The van der Waals surface area contributed by atoms with E-state index in [0.717, 1.165) is 0 Å². The van der Waals surface area contributed by atoms with Crippen LogP contribution in [0.25, 0.3) is 0 Å². The van der Waals surface area contributed by atoms with Crippen molar-refractivity contribution in [1.82, 2.24) is 5.32 Å². The standard InChI is InChI=1S/C7H15NOS2/c1-5(9)4-7(2,3)8-6(10)11/h5,9H,4H2,1-3H3,(H2,8,10,11). The summed E-state index contributed by atoms with van der Waals surface area (Å²) in [6.45, 7) is 5.70. The molecule has 0 saturated heterocycles. The van der Waals surface area contributed by atoms with Crippen molar-refractivity contribution in [2.45, 2.75) is 38.8 Å². The Balaban J connectivity index is 3.89. The molecule has 4 heteroatoms. The zero-order chi connectivity index (χ0) is 9.07. The summed E-state index contributed by atoms with van der Waals surface area (Å²) in [5.74, 6) is 0. The molecule has 0 aliphatic carbocycles. The van der Waals surface area contributed by atoms with E-state index in [1.807, 2.05) is 13.8 Å². The van der Waals surface area contributed by atoms with E-state index in [1.54, 1.807) is 6.92 Å². The van der Waals surface area contributed by atoms with Gasteiger partial charge in [0.1, 0.15) is 4.32 Å². The normalized spacial score (nSPS) is 14.3. The highest BCUT2D eigenvalue weighted by molar-refractivity contribution is 8.11. The highest BCUT2D eigenvalue weighted by Crippen LogP contribution is 2.11. The molecule has 1 atom stereocenters. The predicted octanol–water partition coefficient (Wildman–Crippen LogP) is 1.34. The van der Waals surface area contributed by atoms with Crippen LogP contribution in [0.2, 0.25) is 0 Å². The number of nitrogens with one attached hydrogen (secondary N) is 1. The van der Waals surface area contributed by atoms with Crippen LogP contribution < -0.4 is 5.32 Å². The smallest absolute Gasteiger partial charge is 0.131 e. The van der Waals surface area contributed by atoms with Crippen LogP contribution in [0.1, 0.15) is 27.2 Å². The van der Waals surface area contributed by atoms with Crippen LogP contribution in [0, 0.1) is 0 Å². The van der Waals surface area contributed by atoms with Gasteiger partial charge in [0.25, 0.3) is 0 Å². The van der Waals surface area contributed by atoms with Crippen LogP contribution in [0.4, 0.5) is 0 Å². The molecular weight excluding hydrogens is 178 g/mol. The molecule has 0 spiro atoms. The van der Waals surface area contributed by atoms with E-state index in [-0.39, 0.29) is 11.6 Å². The number of aliphatic hydroxyl groups excluding tert-OH is 1. The van der Waals surface area contributed by atoms with Crippen LogP contribution in [0.15, 0.2) is 0 Å². The first-order valence-corrected chi connectivity index (χ1v) is 4.38. The second-order valence-corrected chi connectivity index (χ2v) is 4.53. The number of rotatable bonds is 3. The fourth-order valence-electron chi connectivity index (χ4n) is 1.08. The summed E-state index contributed by atoms with van der Waals surface area (Å²) in [7, 11) is 0. The molecule has 0 fully saturated rings. The fourth-order valence-corrected chi connectivity index (χ4v) is 1.66. The van der Waals surface area contributed by atoms with E-state index < -0.39 is 0 Å². The largest absolute Gasteiger partial charge is 0.393 e. The van der Waals surface area contributed by atoms with Gasteiger partial charge in [-0.3, -0.25) is 0 Å². The van der Waals surface area contributed by atoms with Gasteiger partial charge in [0.15, 0.2) is 0 Å². The zero-order valence-electron chi connectivity index (χ0n) is 7.09. The number of aliphatic hydroxyl groups is 1. The third-order valence-corrected chi connectivity index (χ3v) is 1.46. The van der Waals surface area contributed by atoms with E-state index in [2.05, 4.69) is 17.9 Å². The van der Waals surface area contributed by atoms with Gasteiger partial charge in [-0.05, 0) is 27.2 Å². The quantitative estimate of drug-likeness (QED) is 0.467. The first-order chi connectivity index (χ1) is 4.83. The van der Waals surface area contributed by atoms with E-state index in [4.69, 9.17) is 17.3 Å². The molecule has 66 valence electrons. The Morgan fingerprint density at radius 1 is 1.73 bits per heavy atom. The summed E-state index contributed by atoms with van der Waals surface area (Å²) < 4.78 is 0.468. The van der Waals surface area contributed by atoms with Crippen LogP contribution in [-0.4, -0.2) is 21.1 Å². The molecule has 1 unspecified atom stereocenters. The van der Waals surface area contributed by atoms with Crippen molar-refractivity contribution in [3.8, 4) is 0 Å². The second kappa shape index (κ2) is 4.28. The van der Waals surface area contributed by atoms with Crippen LogP contribution >= 0.6 is 24.8 Å². The zero-order valence-corrected chi connectivity index (χ0v) is 8.80. The van der Waals surface area contributed by atoms with Crippen molar-refractivity contribution in [2.75, 3.05) is 0 Å². The molecule has 0 rings (SSSR count). The average Bonchev–Trinajstić information content (AvgIpc) is 1.53. The van der Waals surface area contributed by atoms with E-state index in [9.17, 15) is 0 Å². The number of thiol groups is 1. The van der Waals surface area contributed by atoms with Gasteiger partial charge >= 0.3 is 0 Å². The summed E-state index contributed by atoms with van der Waals surface area (Å²) in [6, 6.07) is 0. The van der Waals surface area contributed by atoms with Gasteiger partial charge < -0.3 is 10.4 Å². The van der Waals surface area contributed by atoms with Crippen molar-refractivity contribution < 1.29 is 5.11 Å². The minimum atomic E-state index is -0.319. The molecular formula is C7H15NOS2. The van der Waals surface area contributed by atoms with E-state index >= 15 is 0 Å². The first kappa shape index (κ1) is 11.2. The maximum absolute atomic E-state index is 9.09. The highest BCUT2D eigenvalue weighted by Gasteiger charge is 2.19. The Bertz CT molecular complexity index is 145. The molecule has 2 nitrogen and oxygen atoms in total. The Labute approximate surface area is 78.8 Å². The lowest BCUT2D eigenvalue weighted by molar-refractivity contribution is 0.153. The molecule has 0 aliphatic heterocycles. The molecule has 0 aliphatic rings. The van der Waals surface area contributed by atoms with E-state index in [0.29, 0.717) is 10.7 Å². The molecule has 0 aromatic carbocycles. The Hall–Kier alpha value is 0.200. The highest BCUT2D eigenvalue weighted by atomic mass is 32.1. The molecule has 0 saturated carbocycles. The molecule has 11 heavy (non-hydrogen) atoms. The summed E-state index contributed by atoms with van der Waals surface area (Å²) in [5.41, 5.74) is -0.174. The van der Waals surface area contributed by atoms with Gasteiger partial charge in [-0.1, -0.05) is 12.2 Å². The van der Waals surface area contributed by atoms with Gasteiger partial charge in [0.05, 0.1) is 6.10 Å².